The highest BCUT2D eigenvalue weighted by atomic mass is 19.1. The van der Waals surface area contributed by atoms with Gasteiger partial charge in [0.1, 0.15) is 11.6 Å². The van der Waals surface area contributed by atoms with Gasteiger partial charge in [-0.25, -0.2) is 9.37 Å². The highest BCUT2D eigenvalue weighted by molar-refractivity contribution is 5.29. The summed E-state index contributed by atoms with van der Waals surface area (Å²) in [6.45, 7) is 1.89. The van der Waals surface area contributed by atoms with Gasteiger partial charge in [0.2, 0.25) is 0 Å². The van der Waals surface area contributed by atoms with Crippen LogP contribution in [0.4, 0.5) is 4.39 Å². The lowest BCUT2D eigenvalue weighted by Crippen LogP contribution is -2.07. The Morgan fingerprint density at radius 3 is 2.82 bits per heavy atom. The van der Waals surface area contributed by atoms with E-state index in [2.05, 4.69) is 4.98 Å². The van der Waals surface area contributed by atoms with E-state index in [9.17, 15) is 4.39 Å². The third kappa shape index (κ3) is 2.53. The molecule has 0 bridgehead atoms. The van der Waals surface area contributed by atoms with Crippen LogP contribution < -0.4 is 5.73 Å². The van der Waals surface area contributed by atoms with Gasteiger partial charge in [-0.3, -0.25) is 0 Å². The molecule has 2 N–H and O–H groups in total. The number of imidazole rings is 1. The number of nitrogens with zero attached hydrogens (tertiary/aromatic N) is 2. The summed E-state index contributed by atoms with van der Waals surface area (Å²) in [7, 11) is 1.90. The van der Waals surface area contributed by atoms with Crippen molar-refractivity contribution in [1.29, 1.82) is 0 Å². The van der Waals surface area contributed by atoms with Crippen LogP contribution in [0.15, 0.2) is 30.6 Å². The predicted octanol–water partition coefficient (Wildman–Crippen LogP) is 2.17. The standard InChI is InChI=1S/C13H16FN3/c1-9(15)10-3-4-12(14)11(7-10)8-13-16-5-6-17(13)2/h3-7,9H,8,15H2,1-2H3. The van der Waals surface area contributed by atoms with Crippen LogP contribution in [0.1, 0.15) is 29.9 Å². The second-order valence-corrected chi connectivity index (χ2v) is 4.27. The summed E-state index contributed by atoms with van der Waals surface area (Å²) >= 11 is 0. The number of halogens is 1. The molecule has 1 heterocycles. The number of rotatable bonds is 3. The largest absolute Gasteiger partial charge is 0.338 e. The van der Waals surface area contributed by atoms with Gasteiger partial charge in [-0.1, -0.05) is 12.1 Å². The molecule has 17 heavy (non-hydrogen) atoms. The topological polar surface area (TPSA) is 43.8 Å². The Balaban J connectivity index is 2.32. The Morgan fingerprint density at radius 1 is 1.47 bits per heavy atom. The molecule has 1 atom stereocenters. The lowest BCUT2D eigenvalue weighted by atomic mass is 10.0. The molecule has 90 valence electrons. The summed E-state index contributed by atoms with van der Waals surface area (Å²) in [6, 6.07) is 4.92. The summed E-state index contributed by atoms with van der Waals surface area (Å²) in [5.41, 5.74) is 7.37. The van der Waals surface area contributed by atoms with Crippen LogP contribution in [-0.4, -0.2) is 9.55 Å². The van der Waals surface area contributed by atoms with Crippen LogP contribution in [0, 0.1) is 5.82 Å². The second-order valence-electron chi connectivity index (χ2n) is 4.27. The summed E-state index contributed by atoms with van der Waals surface area (Å²) in [5, 5.41) is 0. The minimum Gasteiger partial charge on any atom is -0.338 e. The molecule has 2 rings (SSSR count). The molecule has 0 amide bonds. The van der Waals surface area contributed by atoms with E-state index in [0.29, 0.717) is 12.0 Å². The summed E-state index contributed by atoms with van der Waals surface area (Å²) in [5.74, 6) is 0.628. The zero-order chi connectivity index (χ0) is 12.4. The zero-order valence-electron chi connectivity index (χ0n) is 10.0. The van der Waals surface area contributed by atoms with Crippen LogP contribution in [0.5, 0.6) is 0 Å². The minimum absolute atomic E-state index is 0.0873. The Labute approximate surface area is 100 Å². The minimum atomic E-state index is -0.211. The van der Waals surface area contributed by atoms with E-state index in [0.717, 1.165) is 11.4 Å². The quantitative estimate of drug-likeness (QED) is 0.883. The van der Waals surface area contributed by atoms with E-state index in [1.165, 1.54) is 6.07 Å². The highest BCUT2D eigenvalue weighted by Gasteiger charge is 2.09. The van der Waals surface area contributed by atoms with E-state index in [4.69, 9.17) is 5.73 Å². The van der Waals surface area contributed by atoms with Crippen LogP contribution in [0.3, 0.4) is 0 Å². The molecular weight excluding hydrogens is 217 g/mol. The van der Waals surface area contributed by atoms with Crippen LogP contribution in [0.25, 0.3) is 0 Å². The van der Waals surface area contributed by atoms with Crippen molar-refractivity contribution in [3.05, 3.63) is 53.4 Å². The molecule has 3 nitrogen and oxygen atoms in total. The molecule has 0 radical (unpaired) electrons. The van der Waals surface area contributed by atoms with Crippen LogP contribution >= 0.6 is 0 Å². The van der Waals surface area contributed by atoms with Crippen LogP contribution in [0.2, 0.25) is 0 Å². The van der Waals surface area contributed by atoms with Gasteiger partial charge < -0.3 is 10.3 Å². The van der Waals surface area contributed by atoms with Gasteiger partial charge in [0.25, 0.3) is 0 Å². The normalized spacial score (nSPS) is 12.7. The lowest BCUT2D eigenvalue weighted by molar-refractivity contribution is 0.608. The summed E-state index contributed by atoms with van der Waals surface area (Å²) < 4.78 is 15.6. The molecule has 4 heteroatoms. The third-order valence-corrected chi connectivity index (χ3v) is 2.87. The zero-order valence-corrected chi connectivity index (χ0v) is 10.0. The molecule has 1 aromatic carbocycles. The van der Waals surface area contributed by atoms with Gasteiger partial charge in [-0.15, -0.1) is 0 Å². The number of aromatic nitrogens is 2. The molecule has 0 fully saturated rings. The Morgan fingerprint density at radius 2 is 2.24 bits per heavy atom. The van der Waals surface area contributed by atoms with Crippen molar-refractivity contribution in [2.45, 2.75) is 19.4 Å². The maximum atomic E-state index is 13.7. The van der Waals surface area contributed by atoms with Crippen molar-refractivity contribution in [2.75, 3.05) is 0 Å². The third-order valence-electron chi connectivity index (χ3n) is 2.87. The van der Waals surface area contributed by atoms with Gasteiger partial charge in [0.05, 0.1) is 0 Å². The number of aryl methyl sites for hydroxylation is 1. The predicted molar refractivity (Wildman–Crippen MR) is 65.0 cm³/mol. The van der Waals surface area contributed by atoms with Crippen LogP contribution in [-0.2, 0) is 13.5 Å². The van der Waals surface area contributed by atoms with E-state index >= 15 is 0 Å². The van der Waals surface area contributed by atoms with E-state index < -0.39 is 0 Å². The fraction of sp³-hybridized carbons (Fsp3) is 0.308. The van der Waals surface area contributed by atoms with Gasteiger partial charge in [0.15, 0.2) is 0 Å². The molecular formula is C13H16FN3. The first-order chi connectivity index (χ1) is 8.08. The number of hydrogen-bond donors (Lipinski definition) is 1. The second kappa shape index (κ2) is 4.67. The van der Waals surface area contributed by atoms with Gasteiger partial charge >= 0.3 is 0 Å². The fourth-order valence-corrected chi connectivity index (χ4v) is 1.75. The lowest BCUT2D eigenvalue weighted by Gasteiger charge is -2.09. The number of benzene rings is 1. The molecule has 0 aliphatic carbocycles. The molecule has 0 spiro atoms. The first kappa shape index (κ1) is 11.8. The summed E-state index contributed by atoms with van der Waals surface area (Å²) in [6.07, 6.45) is 4.04. The Bertz CT molecular complexity index is 517. The Hall–Kier alpha value is -1.68. The molecule has 1 unspecified atom stereocenters. The van der Waals surface area contributed by atoms with Crippen molar-refractivity contribution in [2.24, 2.45) is 12.8 Å². The molecule has 0 aliphatic rings. The average Bonchev–Trinajstić information content (AvgIpc) is 2.67. The van der Waals surface area contributed by atoms with Crippen molar-refractivity contribution < 1.29 is 4.39 Å². The van der Waals surface area contributed by atoms with Crippen molar-refractivity contribution >= 4 is 0 Å². The van der Waals surface area contributed by atoms with Gasteiger partial charge in [-0.05, 0) is 24.1 Å². The SMILES string of the molecule is CC(N)c1ccc(F)c(Cc2nccn2C)c1. The molecule has 1 aromatic heterocycles. The van der Waals surface area contributed by atoms with Gasteiger partial charge in [-0.2, -0.15) is 0 Å². The monoisotopic (exact) mass is 233 g/mol. The molecule has 0 saturated carbocycles. The van der Waals surface area contributed by atoms with E-state index in [1.807, 2.05) is 30.8 Å². The van der Waals surface area contributed by atoms with Gasteiger partial charge in [0, 0.05) is 31.9 Å². The van der Waals surface area contributed by atoms with Crippen molar-refractivity contribution in [3.63, 3.8) is 0 Å². The highest BCUT2D eigenvalue weighted by Crippen LogP contribution is 2.17. The maximum Gasteiger partial charge on any atom is 0.126 e. The van der Waals surface area contributed by atoms with Crippen molar-refractivity contribution in [3.8, 4) is 0 Å². The fourth-order valence-electron chi connectivity index (χ4n) is 1.75. The first-order valence-corrected chi connectivity index (χ1v) is 5.58. The summed E-state index contributed by atoms with van der Waals surface area (Å²) in [4.78, 5) is 4.19. The average molecular weight is 233 g/mol. The van der Waals surface area contributed by atoms with E-state index in [1.54, 1.807) is 12.3 Å². The Kier molecular flexibility index (Phi) is 3.24. The molecule has 2 aromatic rings. The molecule has 0 saturated heterocycles. The number of hydrogen-bond acceptors (Lipinski definition) is 2. The maximum absolute atomic E-state index is 13.7. The van der Waals surface area contributed by atoms with E-state index in [-0.39, 0.29) is 11.9 Å². The molecule has 0 aliphatic heterocycles. The smallest absolute Gasteiger partial charge is 0.126 e. The number of nitrogens with two attached hydrogens (primary N) is 1. The van der Waals surface area contributed by atoms with Crippen molar-refractivity contribution in [1.82, 2.24) is 9.55 Å². The first-order valence-electron chi connectivity index (χ1n) is 5.58.